The van der Waals surface area contributed by atoms with Gasteiger partial charge in [-0.3, -0.25) is 9.59 Å². The van der Waals surface area contributed by atoms with E-state index in [4.69, 9.17) is 0 Å². The molecule has 1 atom stereocenters. The van der Waals surface area contributed by atoms with Crippen molar-refractivity contribution in [3.63, 3.8) is 0 Å². The molecular formula is C26H26N2O2. The van der Waals surface area contributed by atoms with Crippen LogP contribution in [0.2, 0.25) is 0 Å². The van der Waals surface area contributed by atoms with E-state index in [1.165, 1.54) is 11.1 Å². The molecule has 0 radical (unpaired) electrons. The van der Waals surface area contributed by atoms with Crippen molar-refractivity contribution in [1.29, 1.82) is 0 Å². The lowest BCUT2D eigenvalue weighted by molar-refractivity contribution is -0.136. The summed E-state index contributed by atoms with van der Waals surface area (Å²) in [5.41, 5.74) is 4.30. The highest BCUT2D eigenvalue weighted by molar-refractivity contribution is 5.92. The quantitative estimate of drug-likeness (QED) is 0.708. The second-order valence-corrected chi connectivity index (χ2v) is 7.76. The van der Waals surface area contributed by atoms with Crippen molar-refractivity contribution in [2.45, 2.75) is 31.8 Å². The number of amides is 2. The van der Waals surface area contributed by atoms with Crippen LogP contribution in [-0.4, -0.2) is 29.3 Å². The maximum atomic E-state index is 13.3. The summed E-state index contributed by atoms with van der Waals surface area (Å²) in [5.74, 6) is -0.659. The number of carbonyl (C=O) groups excluding carboxylic acids is 2. The van der Waals surface area contributed by atoms with E-state index < -0.39 is 12.0 Å². The van der Waals surface area contributed by atoms with Crippen LogP contribution in [-0.2, 0) is 22.6 Å². The van der Waals surface area contributed by atoms with Crippen LogP contribution in [0.4, 0.5) is 0 Å². The molecule has 4 rings (SSSR count). The summed E-state index contributed by atoms with van der Waals surface area (Å²) >= 11 is 0. The average Bonchev–Trinajstić information content (AvgIpc) is 2.80. The van der Waals surface area contributed by atoms with E-state index in [0.29, 0.717) is 13.1 Å². The van der Waals surface area contributed by atoms with Crippen molar-refractivity contribution in [2.24, 2.45) is 0 Å². The van der Waals surface area contributed by atoms with E-state index in [1.54, 1.807) is 6.92 Å². The van der Waals surface area contributed by atoms with Crippen LogP contribution in [0, 0.1) is 0 Å². The first kappa shape index (κ1) is 19.9. The van der Waals surface area contributed by atoms with Crippen molar-refractivity contribution in [2.75, 3.05) is 6.54 Å². The molecular weight excluding hydrogens is 372 g/mol. The van der Waals surface area contributed by atoms with Gasteiger partial charge in [0.2, 0.25) is 11.8 Å². The number of nitrogens with zero attached hydrogens (tertiary/aromatic N) is 1. The Morgan fingerprint density at radius 2 is 1.33 bits per heavy atom. The monoisotopic (exact) mass is 398 g/mol. The summed E-state index contributed by atoms with van der Waals surface area (Å²) in [6.45, 7) is 3.04. The first-order chi connectivity index (χ1) is 14.6. The van der Waals surface area contributed by atoms with E-state index >= 15 is 0 Å². The standard InChI is InChI=1S/C26H26N2O2/c1-19(26(30)28-17-16-20-10-8-9-15-23(20)18-28)27-25(29)24(21-11-4-2-5-12-21)22-13-6-3-7-14-22/h2-15,19,24H,16-18H2,1H3,(H,27,29)/t19-/m0/s1. The lowest BCUT2D eigenvalue weighted by atomic mass is 9.90. The molecule has 2 amide bonds. The predicted molar refractivity (Wildman–Crippen MR) is 118 cm³/mol. The molecule has 0 spiro atoms. The summed E-state index contributed by atoms with van der Waals surface area (Å²) in [4.78, 5) is 28.1. The molecule has 4 nitrogen and oxygen atoms in total. The number of nitrogens with one attached hydrogen (secondary N) is 1. The zero-order valence-electron chi connectivity index (χ0n) is 17.1. The molecule has 1 aliphatic heterocycles. The van der Waals surface area contributed by atoms with Crippen molar-refractivity contribution < 1.29 is 9.59 Å². The number of fused-ring (bicyclic) bond motifs is 1. The molecule has 30 heavy (non-hydrogen) atoms. The summed E-state index contributed by atoms with van der Waals surface area (Å²) < 4.78 is 0. The topological polar surface area (TPSA) is 49.4 Å². The molecule has 0 aromatic heterocycles. The summed E-state index contributed by atoms with van der Waals surface area (Å²) in [6.07, 6.45) is 0.846. The Kier molecular flexibility index (Phi) is 5.94. The van der Waals surface area contributed by atoms with E-state index in [9.17, 15) is 9.59 Å². The summed E-state index contributed by atoms with van der Waals surface area (Å²) in [7, 11) is 0. The Bertz CT molecular complexity index is 978. The van der Waals surface area contributed by atoms with Crippen LogP contribution in [0.5, 0.6) is 0 Å². The molecule has 3 aromatic rings. The van der Waals surface area contributed by atoms with Gasteiger partial charge in [0.15, 0.2) is 0 Å². The van der Waals surface area contributed by atoms with Crippen LogP contribution in [0.25, 0.3) is 0 Å². The van der Waals surface area contributed by atoms with Crippen molar-refractivity contribution in [3.8, 4) is 0 Å². The number of hydrogen-bond donors (Lipinski definition) is 1. The van der Waals surface area contributed by atoms with Gasteiger partial charge < -0.3 is 10.2 Å². The highest BCUT2D eigenvalue weighted by Crippen LogP contribution is 2.25. The molecule has 0 fully saturated rings. The number of hydrogen-bond acceptors (Lipinski definition) is 2. The molecule has 3 aromatic carbocycles. The lowest BCUT2D eigenvalue weighted by Gasteiger charge is -2.31. The van der Waals surface area contributed by atoms with Gasteiger partial charge in [-0.15, -0.1) is 0 Å². The van der Waals surface area contributed by atoms with Gasteiger partial charge >= 0.3 is 0 Å². The van der Waals surface area contributed by atoms with E-state index in [-0.39, 0.29) is 11.8 Å². The van der Waals surface area contributed by atoms with Gasteiger partial charge in [-0.1, -0.05) is 84.9 Å². The van der Waals surface area contributed by atoms with E-state index in [1.807, 2.05) is 77.7 Å². The Hall–Kier alpha value is -3.40. The Morgan fingerprint density at radius 3 is 1.93 bits per heavy atom. The molecule has 0 aliphatic carbocycles. The third-order valence-corrected chi connectivity index (χ3v) is 5.70. The van der Waals surface area contributed by atoms with Crippen LogP contribution in [0.3, 0.4) is 0 Å². The SMILES string of the molecule is C[C@H](NC(=O)C(c1ccccc1)c1ccccc1)C(=O)N1CCc2ccccc2C1. The molecule has 0 unspecified atom stereocenters. The van der Waals surface area contributed by atoms with Crippen LogP contribution >= 0.6 is 0 Å². The second-order valence-electron chi connectivity index (χ2n) is 7.76. The minimum atomic E-state index is -0.585. The van der Waals surface area contributed by atoms with Crippen molar-refractivity contribution >= 4 is 11.8 Å². The number of rotatable bonds is 5. The highest BCUT2D eigenvalue weighted by atomic mass is 16.2. The van der Waals surface area contributed by atoms with Gasteiger partial charge in [-0.25, -0.2) is 0 Å². The van der Waals surface area contributed by atoms with Gasteiger partial charge in [0.05, 0.1) is 5.92 Å². The van der Waals surface area contributed by atoms with Gasteiger partial charge in [-0.2, -0.15) is 0 Å². The number of carbonyl (C=O) groups is 2. The Morgan fingerprint density at radius 1 is 0.800 bits per heavy atom. The van der Waals surface area contributed by atoms with Crippen LogP contribution in [0.15, 0.2) is 84.9 Å². The fraction of sp³-hybridized carbons (Fsp3) is 0.231. The zero-order chi connectivity index (χ0) is 20.9. The maximum absolute atomic E-state index is 13.3. The van der Waals surface area contributed by atoms with Crippen LogP contribution in [0.1, 0.15) is 35.1 Å². The molecule has 1 heterocycles. The molecule has 1 aliphatic rings. The molecule has 0 bridgehead atoms. The highest BCUT2D eigenvalue weighted by Gasteiger charge is 2.29. The Balaban J connectivity index is 1.49. The summed E-state index contributed by atoms with van der Waals surface area (Å²) in [6, 6.07) is 27.0. The number of benzene rings is 3. The molecule has 0 saturated carbocycles. The normalized spacial score (nSPS) is 14.1. The summed E-state index contributed by atoms with van der Waals surface area (Å²) in [5, 5.41) is 2.97. The second kappa shape index (κ2) is 8.95. The van der Waals surface area contributed by atoms with Crippen molar-refractivity contribution in [1.82, 2.24) is 10.2 Å². The van der Waals surface area contributed by atoms with Crippen molar-refractivity contribution in [3.05, 3.63) is 107 Å². The fourth-order valence-corrected chi connectivity index (χ4v) is 4.10. The minimum Gasteiger partial charge on any atom is -0.344 e. The van der Waals surface area contributed by atoms with E-state index in [0.717, 1.165) is 17.5 Å². The van der Waals surface area contributed by atoms with E-state index in [2.05, 4.69) is 17.4 Å². The fourth-order valence-electron chi connectivity index (χ4n) is 4.10. The molecule has 1 N–H and O–H groups in total. The largest absolute Gasteiger partial charge is 0.344 e. The van der Waals surface area contributed by atoms with Gasteiger partial charge in [0.25, 0.3) is 0 Å². The van der Waals surface area contributed by atoms with Crippen LogP contribution < -0.4 is 5.32 Å². The van der Waals surface area contributed by atoms with Gasteiger partial charge in [0.1, 0.15) is 6.04 Å². The predicted octanol–water partition coefficient (Wildman–Crippen LogP) is 3.91. The minimum absolute atomic E-state index is 0.0438. The molecule has 0 saturated heterocycles. The maximum Gasteiger partial charge on any atom is 0.245 e. The lowest BCUT2D eigenvalue weighted by Crippen LogP contribution is -2.49. The molecule has 152 valence electrons. The first-order valence-corrected chi connectivity index (χ1v) is 10.4. The first-order valence-electron chi connectivity index (χ1n) is 10.4. The third kappa shape index (κ3) is 4.28. The zero-order valence-corrected chi connectivity index (χ0v) is 17.1. The third-order valence-electron chi connectivity index (χ3n) is 5.70. The smallest absolute Gasteiger partial charge is 0.245 e. The molecule has 4 heteroatoms. The average molecular weight is 399 g/mol. The van der Waals surface area contributed by atoms with Gasteiger partial charge in [-0.05, 0) is 35.6 Å². The Labute approximate surface area is 177 Å². The van der Waals surface area contributed by atoms with Gasteiger partial charge in [0, 0.05) is 13.1 Å².